The molecule has 4 rings (SSSR count). The van der Waals surface area contributed by atoms with Gasteiger partial charge in [-0.1, -0.05) is 31.2 Å². The van der Waals surface area contributed by atoms with Gasteiger partial charge in [0.05, 0.1) is 6.61 Å². The molecule has 3 aromatic rings. The molecule has 0 spiro atoms. The topological polar surface area (TPSA) is 76.6 Å². The van der Waals surface area contributed by atoms with E-state index in [2.05, 4.69) is 39.2 Å². The van der Waals surface area contributed by atoms with Gasteiger partial charge in [0.15, 0.2) is 0 Å². The number of aromatic nitrogens is 2. The van der Waals surface area contributed by atoms with E-state index in [-0.39, 0.29) is 11.8 Å². The Morgan fingerprint density at radius 3 is 2.53 bits per heavy atom. The quantitative estimate of drug-likeness (QED) is 0.496. The number of aryl methyl sites for hydroxylation is 1. The molecule has 1 fully saturated rings. The largest absolute Gasteiger partial charge is 0.494 e. The molecule has 0 aliphatic carbocycles. The first kappa shape index (κ1) is 23.5. The molecule has 1 aromatic heterocycles. The minimum atomic E-state index is 0.000891. The summed E-state index contributed by atoms with van der Waals surface area (Å²) >= 11 is 0. The molecule has 0 unspecified atom stereocenters. The maximum atomic E-state index is 12.7. The van der Waals surface area contributed by atoms with Crippen LogP contribution in [0.4, 0.5) is 5.82 Å². The van der Waals surface area contributed by atoms with Gasteiger partial charge < -0.3 is 19.7 Å². The van der Waals surface area contributed by atoms with Crippen LogP contribution in [0.5, 0.6) is 17.4 Å². The Morgan fingerprint density at radius 2 is 1.79 bits per heavy atom. The van der Waals surface area contributed by atoms with E-state index in [0.29, 0.717) is 19.0 Å². The van der Waals surface area contributed by atoms with Crippen molar-refractivity contribution in [3.05, 3.63) is 72.1 Å². The lowest BCUT2D eigenvalue weighted by Gasteiger charge is -2.32. The van der Waals surface area contributed by atoms with Crippen LogP contribution in [-0.2, 0) is 17.8 Å². The van der Waals surface area contributed by atoms with Gasteiger partial charge in [-0.15, -0.1) is 0 Å². The van der Waals surface area contributed by atoms with E-state index in [1.807, 2.05) is 49.4 Å². The van der Waals surface area contributed by atoms with Crippen molar-refractivity contribution < 1.29 is 14.3 Å². The zero-order chi connectivity index (χ0) is 23.8. The Bertz CT molecular complexity index is 1080. The predicted molar refractivity (Wildman–Crippen MR) is 132 cm³/mol. The fourth-order valence-corrected chi connectivity index (χ4v) is 4.09. The molecular formula is C27H32N4O3. The van der Waals surface area contributed by atoms with E-state index in [4.69, 9.17) is 9.47 Å². The van der Waals surface area contributed by atoms with Crippen LogP contribution < -0.4 is 19.7 Å². The molecule has 7 heteroatoms. The van der Waals surface area contributed by atoms with Gasteiger partial charge in [-0.25, -0.2) is 9.97 Å². The van der Waals surface area contributed by atoms with Gasteiger partial charge in [0, 0.05) is 31.6 Å². The molecule has 2 aromatic carbocycles. The Kier molecular flexibility index (Phi) is 7.96. The van der Waals surface area contributed by atoms with Crippen LogP contribution in [0.15, 0.2) is 60.9 Å². The summed E-state index contributed by atoms with van der Waals surface area (Å²) in [7, 11) is 0. The standard InChI is InChI=1S/C27H32N4O3/c1-3-20-8-10-23(11-9-20)34-26-17-25(29-19-30-26)31-14-12-22(13-15-31)27(32)28-18-21-6-5-7-24(16-21)33-4-2/h5-11,16-17,19,22H,3-4,12-15,18H2,1-2H3,(H,28,32). The van der Waals surface area contributed by atoms with Gasteiger partial charge in [0.1, 0.15) is 23.6 Å². The van der Waals surface area contributed by atoms with E-state index in [0.717, 1.165) is 55.2 Å². The molecular weight excluding hydrogens is 428 g/mol. The maximum Gasteiger partial charge on any atom is 0.224 e. The van der Waals surface area contributed by atoms with E-state index in [1.54, 1.807) is 0 Å². The molecule has 0 bridgehead atoms. The van der Waals surface area contributed by atoms with Crippen molar-refractivity contribution in [1.29, 1.82) is 0 Å². The van der Waals surface area contributed by atoms with Gasteiger partial charge in [-0.2, -0.15) is 0 Å². The number of benzene rings is 2. The minimum Gasteiger partial charge on any atom is -0.494 e. The second kappa shape index (κ2) is 11.5. The summed E-state index contributed by atoms with van der Waals surface area (Å²) in [6, 6.07) is 17.7. The smallest absolute Gasteiger partial charge is 0.224 e. The SMILES string of the molecule is CCOc1cccc(CNC(=O)C2CCN(c3cc(Oc4ccc(CC)cc4)ncn3)CC2)c1. The van der Waals surface area contributed by atoms with Crippen molar-refractivity contribution in [2.45, 2.75) is 39.7 Å². The number of amides is 1. The number of hydrogen-bond acceptors (Lipinski definition) is 6. The van der Waals surface area contributed by atoms with Crippen molar-refractivity contribution in [2.24, 2.45) is 5.92 Å². The Hall–Kier alpha value is -3.61. The van der Waals surface area contributed by atoms with Crippen molar-refractivity contribution in [2.75, 3.05) is 24.6 Å². The number of nitrogens with zero attached hydrogens (tertiary/aromatic N) is 3. The molecule has 1 saturated heterocycles. The predicted octanol–water partition coefficient (Wildman–Crippen LogP) is 4.76. The van der Waals surface area contributed by atoms with Gasteiger partial charge >= 0.3 is 0 Å². The normalized spacial score (nSPS) is 14.0. The third kappa shape index (κ3) is 6.25. The number of hydrogen-bond donors (Lipinski definition) is 1. The first-order valence-corrected chi connectivity index (χ1v) is 12.0. The summed E-state index contributed by atoms with van der Waals surface area (Å²) in [4.78, 5) is 23.6. The van der Waals surface area contributed by atoms with E-state index < -0.39 is 0 Å². The first-order chi connectivity index (χ1) is 16.6. The summed E-state index contributed by atoms with van der Waals surface area (Å²) in [5.74, 6) is 3.02. The van der Waals surface area contributed by atoms with Crippen LogP contribution >= 0.6 is 0 Å². The second-order valence-corrected chi connectivity index (χ2v) is 8.37. The molecule has 2 heterocycles. The van der Waals surface area contributed by atoms with Gasteiger partial charge in [-0.05, 0) is 61.6 Å². The molecule has 1 amide bonds. The number of nitrogens with one attached hydrogen (secondary N) is 1. The molecule has 7 nitrogen and oxygen atoms in total. The number of ether oxygens (including phenoxy) is 2. The third-order valence-electron chi connectivity index (χ3n) is 6.05. The zero-order valence-corrected chi connectivity index (χ0v) is 19.9. The summed E-state index contributed by atoms with van der Waals surface area (Å²) in [5.41, 5.74) is 2.30. The number of carbonyl (C=O) groups excluding carboxylic acids is 1. The number of piperidine rings is 1. The fourth-order valence-electron chi connectivity index (χ4n) is 4.09. The zero-order valence-electron chi connectivity index (χ0n) is 19.9. The third-order valence-corrected chi connectivity index (χ3v) is 6.05. The fraction of sp³-hybridized carbons (Fsp3) is 0.370. The minimum absolute atomic E-state index is 0.000891. The highest BCUT2D eigenvalue weighted by Crippen LogP contribution is 2.26. The van der Waals surface area contributed by atoms with Gasteiger partial charge in [0.2, 0.25) is 11.8 Å². The highest BCUT2D eigenvalue weighted by atomic mass is 16.5. The average Bonchev–Trinajstić information content (AvgIpc) is 2.88. The van der Waals surface area contributed by atoms with Crippen LogP contribution in [0.25, 0.3) is 0 Å². The summed E-state index contributed by atoms with van der Waals surface area (Å²) in [6.07, 6.45) is 4.08. The Labute approximate surface area is 201 Å². The van der Waals surface area contributed by atoms with E-state index in [9.17, 15) is 4.79 Å². The first-order valence-electron chi connectivity index (χ1n) is 12.0. The van der Waals surface area contributed by atoms with Crippen molar-refractivity contribution in [3.63, 3.8) is 0 Å². The number of carbonyl (C=O) groups is 1. The summed E-state index contributed by atoms with van der Waals surface area (Å²) in [5, 5.41) is 3.08. The molecule has 34 heavy (non-hydrogen) atoms. The van der Waals surface area contributed by atoms with Gasteiger partial charge in [-0.3, -0.25) is 4.79 Å². The van der Waals surface area contributed by atoms with E-state index >= 15 is 0 Å². The number of rotatable bonds is 9. The summed E-state index contributed by atoms with van der Waals surface area (Å²) in [6.45, 7) is 6.74. The highest BCUT2D eigenvalue weighted by Gasteiger charge is 2.25. The molecule has 0 atom stereocenters. The van der Waals surface area contributed by atoms with Crippen LogP contribution in [0.1, 0.15) is 37.8 Å². The van der Waals surface area contributed by atoms with Crippen LogP contribution in [-0.4, -0.2) is 35.6 Å². The van der Waals surface area contributed by atoms with Gasteiger partial charge in [0.25, 0.3) is 0 Å². The lowest BCUT2D eigenvalue weighted by molar-refractivity contribution is -0.125. The van der Waals surface area contributed by atoms with Crippen LogP contribution in [0.2, 0.25) is 0 Å². The monoisotopic (exact) mass is 460 g/mol. The molecule has 1 N–H and O–H groups in total. The average molecular weight is 461 g/mol. The Morgan fingerprint density at radius 1 is 1.00 bits per heavy atom. The van der Waals surface area contributed by atoms with E-state index in [1.165, 1.54) is 11.9 Å². The molecule has 1 aliphatic rings. The Balaban J connectivity index is 1.28. The lowest BCUT2D eigenvalue weighted by Crippen LogP contribution is -2.40. The molecule has 0 radical (unpaired) electrons. The molecule has 178 valence electrons. The second-order valence-electron chi connectivity index (χ2n) is 8.37. The van der Waals surface area contributed by atoms with Crippen molar-refractivity contribution in [3.8, 4) is 17.4 Å². The van der Waals surface area contributed by atoms with Crippen molar-refractivity contribution in [1.82, 2.24) is 15.3 Å². The maximum absolute atomic E-state index is 12.7. The van der Waals surface area contributed by atoms with Crippen LogP contribution in [0.3, 0.4) is 0 Å². The van der Waals surface area contributed by atoms with Crippen molar-refractivity contribution >= 4 is 11.7 Å². The number of anilines is 1. The molecule has 1 aliphatic heterocycles. The van der Waals surface area contributed by atoms with Crippen LogP contribution in [0, 0.1) is 5.92 Å². The lowest BCUT2D eigenvalue weighted by atomic mass is 9.96. The summed E-state index contributed by atoms with van der Waals surface area (Å²) < 4.78 is 11.5. The molecule has 0 saturated carbocycles. The highest BCUT2D eigenvalue weighted by molar-refractivity contribution is 5.79.